The normalized spacial score (nSPS) is 12.8. The molecule has 2 aromatic carbocycles. The van der Waals surface area contributed by atoms with E-state index in [0.29, 0.717) is 19.4 Å². The van der Waals surface area contributed by atoms with Crippen LogP contribution >= 0.6 is 23.4 Å². The van der Waals surface area contributed by atoms with Crippen LogP contribution in [-0.2, 0) is 16.1 Å². The third-order valence-electron chi connectivity index (χ3n) is 5.61. The van der Waals surface area contributed by atoms with E-state index in [9.17, 15) is 9.59 Å². The van der Waals surface area contributed by atoms with Gasteiger partial charge in [-0.15, -0.1) is 11.8 Å². The molecule has 2 amide bonds. The molecule has 174 valence electrons. The number of rotatable bonds is 12. The van der Waals surface area contributed by atoms with Gasteiger partial charge in [-0.05, 0) is 74.3 Å². The molecule has 32 heavy (non-hydrogen) atoms. The fourth-order valence-corrected chi connectivity index (χ4v) is 4.40. The van der Waals surface area contributed by atoms with E-state index in [0.717, 1.165) is 39.6 Å². The Morgan fingerprint density at radius 2 is 1.75 bits per heavy atom. The van der Waals surface area contributed by atoms with Gasteiger partial charge in [0.05, 0.1) is 0 Å². The number of thioether (sulfide) groups is 1. The van der Waals surface area contributed by atoms with Crippen LogP contribution in [0.1, 0.15) is 57.6 Å². The van der Waals surface area contributed by atoms with E-state index in [2.05, 4.69) is 5.32 Å². The molecule has 0 fully saturated rings. The first-order valence-electron chi connectivity index (χ1n) is 11.4. The smallest absolute Gasteiger partial charge is 0.243 e. The second-order valence-electron chi connectivity index (χ2n) is 8.10. The van der Waals surface area contributed by atoms with Crippen LogP contribution in [0.15, 0.2) is 53.4 Å². The van der Waals surface area contributed by atoms with Crippen molar-refractivity contribution in [2.45, 2.75) is 76.9 Å². The van der Waals surface area contributed by atoms with Crippen LogP contribution in [-0.4, -0.2) is 34.6 Å². The zero-order valence-electron chi connectivity index (χ0n) is 19.6. The molecule has 0 aliphatic heterocycles. The molecule has 0 radical (unpaired) electrons. The Bertz CT molecular complexity index is 872. The van der Waals surface area contributed by atoms with Gasteiger partial charge in [0.2, 0.25) is 11.8 Å². The molecule has 0 aromatic heterocycles. The van der Waals surface area contributed by atoms with E-state index >= 15 is 0 Å². The molecule has 0 spiro atoms. The van der Waals surface area contributed by atoms with E-state index < -0.39 is 6.04 Å². The molecule has 0 heterocycles. The number of aryl methyl sites for hydroxylation is 1. The third kappa shape index (κ3) is 8.18. The van der Waals surface area contributed by atoms with E-state index in [1.165, 1.54) is 0 Å². The van der Waals surface area contributed by atoms with Gasteiger partial charge in [-0.1, -0.05) is 49.7 Å². The number of nitrogens with one attached hydrogen (secondary N) is 1. The van der Waals surface area contributed by atoms with Crippen molar-refractivity contribution >= 4 is 35.2 Å². The van der Waals surface area contributed by atoms with Crippen molar-refractivity contribution in [1.82, 2.24) is 10.2 Å². The zero-order valence-corrected chi connectivity index (χ0v) is 21.1. The molecular formula is C26H35ClN2O2S. The summed E-state index contributed by atoms with van der Waals surface area (Å²) in [5.74, 6) is 0.789. The molecule has 1 N–H and O–H groups in total. The van der Waals surface area contributed by atoms with Gasteiger partial charge in [-0.25, -0.2) is 0 Å². The lowest BCUT2D eigenvalue weighted by molar-refractivity contribution is -0.141. The summed E-state index contributed by atoms with van der Waals surface area (Å²) in [4.78, 5) is 29.2. The van der Waals surface area contributed by atoms with Crippen molar-refractivity contribution in [3.8, 4) is 0 Å². The van der Waals surface area contributed by atoms with Gasteiger partial charge in [-0.3, -0.25) is 9.59 Å². The van der Waals surface area contributed by atoms with E-state index in [4.69, 9.17) is 11.6 Å². The molecule has 0 saturated carbocycles. The number of hydrogen-bond acceptors (Lipinski definition) is 3. The second-order valence-corrected chi connectivity index (χ2v) is 9.70. The minimum Gasteiger partial charge on any atom is -0.352 e. The summed E-state index contributed by atoms with van der Waals surface area (Å²) in [7, 11) is 0. The maximum Gasteiger partial charge on any atom is 0.243 e. The number of amides is 2. The van der Waals surface area contributed by atoms with Crippen LogP contribution in [0, 0.1) is 6.92 Å². The van der Waals surface area contributed by atoms with Crippen LogP contribution in [0.3, 0.4) is 0 Å². The van der Waals surface area contributed by atoms with E-state index in [-0.39, 0.29) is 17.9 Å². The Morgan fingerprint density at radius 1 is 1.06 bits per heavy atom. The minimum absolute atomic E-state index is 0.0242. The highest BCUT2D eigenvalue weighted by Crippen LogP contribution is 2.22. The summed E-state index contributed by atoms with van der Waals surface area (Å²) < 4.78 is 0. The average Bonchev–Trinajstić information content (AvgIpc) is 2.78. The van der Waals surface area contributed by atoms with Gasteiger partial charge in [0.15, 0.2) is 0 Å². The van der Waals surface area contributed by atoms with Crippen molar-refractivity contribution in [1.29, 1.82) is 0 Å². The Balaban J connectivity index is 2.07. The standard InChI is InChI=1S/C26H35ClN2O2S/c1-5-20(4)28-26(31)24(6-2)29(18-21-11-8-7-10-19(21)3)25(30)12-9-17-32-23-15-13-22(27)14-16-23/h7-8,10-11,13-16,20,24H,5-6,9,12,17-18H2,1-4H3,(H,28,31). The number of carbonyl (C=O) groups is 2. The zero-order chi connectivity index (χ0) is 23.5. The maximum absolute atomic E-state index is 13.3. The third-order valence-corrected chi connectivity index (χ3v) is 6.96. The highest BCUT2D eigenvalue weighted by molar-refractivity contribution is 7.99. The molecule has 0 bridgehead atoms. The molecule has 6 heteroatoms. The molecule has 0 saturated heterocycles. The summed E-state index contributed by atoms with van der Waals surface area (Å²) in [6.07, 6.45) is 2.61. The Kier molecular flexibility index (Phi) is 11.1. The Hall–Kier alpha value is -1.98. The Morgan fingerprint density at radius 3 is 2.38 bits per heavy atom. The highest BCUT2D eigenvalue weighted by atomic mass is 35.5. The summed E-state index contributed by atoms with van der Waals surface area (Å²) in [5, 5.41) is 3.78. The number of halogens is 1. The molecule has 2 unspecified atom stereocenters. The number of nitrogens with zero attached hydrogens (tertiary/aromatic N) is 1. The Labute approximate surface area is 202 Å². The summed E-state index contributed by atoms with van der Waals surface area (Å²) >= 11 is 7.66. The average molecular weight is 475 g/mol. The maximum atomic E-state index is 13.3. The fraction of sp³-hybridized carbons (Fsp3) is 0.462. The van der Waals surface area contributed by atoms with Crippen molar-refractivity contribution in [3.05, 3.63) is 64.7 Å². The molecule has 0 aliphatic rings. The topological polar surface area (TPSA) is 49.4 Å². The molecule has 2 atom stereocenters. The first-order chi connectivity index (χ1) is 15.3. The van der Waals surface area contributed by atoms with Gasteiger partial charge in [0, 0.05) is 28.9 Å². The van der Waals surface area contributed by atoms with Crippen LogP contribution in [0.25, 0.3) is 0 Å². The van der Waals surface area contributed by atoms with Crippen molar-refractivity contribution in [2.75, 3.05) is 5.75 Å². The van der Waals surface area contributed by atoms with Gasteiger partial charge in [0.25, 0.3) is 0 Å². The lowest BCUT2D eigenvalue weighted by Crippen LogP contribution is -2.50. The predicted molar refractivity (Wildman–Crippen MR) is 135 cm³/mol. The SMILES string of the molecule is CCC(C)NC(=O)C(CC)N(Cc1ccccc1C)C(=O)CCCSc1ccc(Cl)cc1. The van der Waals surface area contributed by atoms with Crippen molar-refractivity contribution in [2.24, 2.45) is 0 Å². The number of benzene rings is 2. The first-order valence-corrected chi connectivity index (χ1v) is 12.7. The number of carbonyl (C=O) groups excluding carboxylic acids is 2. The monoisotopic (exact) mass is 474 g/mol. The van der Waals surface area contributed by atoms with Gasteiger partial charge in [-0.2, -0.15) is 0 Å². The molecule has 4 nitrogen and oxygen atoms in total. The molecule has 0 aliphatic carbocycles. The highest BCUT2D eigenvalue weighted by Gasteiger charge is 2.29. The first kappa shape index (κ1) is 26.3. The number of hydrogen-bond donors (Lipinski definition) is 1. The molecule has 2 rings (SSSR count). The van der Waals surface area contributed by atoms with Crippen LogP contribution < -0.4 is 5.32 Å². The van der Waals surface area contributed by atoms with Gasteiger partial charge >= 0.3 is 0 Å². The minimum atomic E-state index is -0.472. The van der Waals surface area contributed by atoms with Crippen molar-refractivity contribution in [3.63, 3.8) is 0 Å². The van der Waals surface area contributed by atoms with E-state index in [1.807, 2.05) is 76.2 Å². The van der Waals surface area contributed by atoms with Gasteiger partial charge in [0.1, 0.15) is 6.04 Å². The fourth-order valence-electron chi connectivity index (χ4n) is 3.42. The molecule has 2 aromatic rings. The molecular weight excluding hydrogens is 440 g/mol. The summed E-state index contributed by atoms with van der Waals surface area (Å²) in [6.45, 7) is 8.49. The summed E-state index contributed by atoms with van der Waals surface area (Å²) in [6, 6.07) is 15.4. The van der Waals surface area contributed by atoms with Crippen molar-refractivity contribution < 1.29 is 9.59 Å². The van der Waals surface area contributed by atoms with Crippen LogP contribution in [0.5, 0.6) is 0 Å². The van der Waals surface area contributed by atoms with E-state index in [1.54, 1.807) is 16.7 Å². The lowest BCUT2D eigenvalue weighted by atomic mass is 10.0. The summed E-state index contributed by atoms with van der Waals surface area (Å²) in [5.41, 5.74) is 2.20. The van der Waals surface area contributed by atoms with Crippen LogP contribution in [0.4, 0.5) is 0 Å². The predicted octanol–water partition coefficient (Wildman–Crippen LogP) is 6.24. The second kappa shape index (κ2) is 13.5. The van der Waals surface area contributed by atoms with Gasteiger partial charge < -0.3 is 10.2 Å². The quantitative estimate of drug-likeness (QED) is 0.292. The largest absolute Gasteiger partial charge is 0.352 e. The van der Waals surface area contributed by atoms with Crippen LogP contribution in [0.2, 0.25) is 5.02 Å². The lowest BCUT2D eigenvalue weighted by Gasteiger charge is -2.32.